The third-order valence-corrected chi connectivity index (χ3v) is 3.98. The molecule has 6 nitrogen and oxygen atoms in total. The van der Waals surface area contributed by atoms with Crippen LogP contribution in [-0.2, 0) is 15.8 Å². The van der Waals surface area contributed by atoms with Crippen molar-refractivity contribution in [2.75, 3.05) is 5.32 Å². The number of carboxylic acid groups (broad SMARTS) is 1. The van der Waals surface area contributed by atoms with Crippen molar-refractivity contribution in [3.05, 3.63) is 16.7 Å². The topological polar surface area (TPSA) is 88.5 Å². The number of hydrogen-bond acceptors (Lipinski definition) is 4. The third kappa shape index (κ3) is 4.53. The summed E-state index contributed by atoms with van der Waals surface area (Å²) in [5, 5.41) is 10.8. The van der Waals surface area contributed by atoms with Gasteiger partial charge in [0.1, 0.15) is 5.56 Å². The van der Waals surface area contributed by atoms with Crippen LogP contribution >= 0.6 is 11.6 Å². The summed E-state index contributed by atoms with van der Waals surface area (Å²) < 4.78 is 44.3. The van der Waals surface area contributed by atoms with Gasteiger partial charge in [0.2, 0.25) is 11.8 Å². The van der Waals surface area contributed by atoms with Gasteiger partial charge in [-0.25, -0.2) is 0 Å². The van der Waals surface area contributed by atoms with E-state index in [1.807, 2.05) is 0 Å². The number of nitrogens with one attached hydrogen (secondary N) is 1. The summed E-state index contributed by atoms with van der Waals surface area (Å²) in [6.07, 6.45) is -4.96. The van der Waals surface area contributed by atoms with Crippen LogP contribution < -0.4 is 10.1 Å². The molecule has 1 aromatic heterocycles. The highest BCUT2D eigenvalue weighted by molar-refractivity contribution is 6.33. The summed E-state index contributed by atoms with van der Waals surface area (Å²) in [5.74, 6) is -3.60. The maximum atomic E-state index is 13.1. The highest BCUT2D eigenvalue weighted by Gasteiger charge is 2.40. The second kappa shape index (κ2) is 7.07. The van der Waals surface area contributed by atoms with E-state index < -0.39 is 47.4 Å². The second-order valence-corrected chi connectivity index (χ2v) is 6.44. The van der Waals surface area contributed by atoms with Crippen LogP contribution in [-0.4, -0.2) is 28.1 Å². The Bertz CT molecular complexity index is 688. The molecule has 25 heavy (non-hydrogen) atoms. The molecule has 0 bridgehead atoms. The minimum absolute atomic E-state index is 0.161. The summed E-state index contributed by atoms with van der Waals surface area (Å²) in [6.45, 7) is 3.07. The number of ether oxygens (including phenoxy) is 1. The van der Waals surface area contributed by atoms with Crippen LogP contribution in [0.25, 0.3) is 0 Å². The van der Waals surface area contributed by atoms with E-state index in [0.29, 0.717) is 6.07 Å². The van der Waals surface area contributed by atoms with Crippen LogP contribution in [0.5, 0.6) is 5.88 Å². The zero-order valence-electron chi connectivity index (χ0n) is 13.4. The van der Waals surface area contributed by atoms with Crippen LogP contribution in [0.3, 0.4) is 0 Å². The predicted octanol–water partition coefficient (Wildman–Crippen LogP) is 3.59. The van der Waals surface area contributed by atoms with Crippen molar-refractivity contribution in [1.82, 2.24) is 4.98 Å². The molecule has 138 valence electrons. The van der Waals surface area contributed by atoms with E-state index in [0.717, 1.165) is 0 Å². The molecule has 0 saturated heterocycles. The molecule has 2 N–H and O–H groups in total. The minimum Gasteiger partial charge on any atom is -0.481 e. The molecule has 10 heteroatoms. The molecule has 1 saturated carbocycles. The number of rotatable bonds is 5. The molecule has 0 atom stereocenters. The molecule has 0 unspecified atom stereocenters. The lowest BCUT2D eigenvalue weighted by atomic mass is 9.74. The maximum absolute atomic E-state index is 13.1. The Morgan fingerprint density at radius 2 is 1.96 bits per heavy atom. The first-order valence-corrected chi connectivity index (χ1v) is 7.85. The minimum atomic E-state index is -4.72. The van der Waals surface area contributed by atoms with Gasteiger partial charge in [-0.1, -0.05) is 11.6 Å². The first-order chi connectivity index (χ1) is 11.5. The fourth-order valence-corrected chi connectivity index (χ4v) is 2.53. The zero-order valence-corrected chi connectivity index (χ0v) is 14.1. The Morgan fingerprint density at radius 3 is 2.44 bits per heavy atom. The summed E-state index contributed by atoms with van der Waals surface area (Å²) in [7, 11) is 0. The average Bonchev–Trinajstić information content (AvgIpc) is 2.37. The van der Waals surface area contributed by atoms with Crippen molar-refractivity contribution < 1.29 is 32.6 Å². The van der Waals surface area contributed by atoms with Gasteiger partial charge in [-0.15, -0.1) is 0 Å². The van der Waals surface area contributed by atoms with E-state index in [1.165, 1.54) is 13.8 Å². The number of alkyl halides is 3. The van der Waals surface area contributed by atoms with Gasteiger partial charge < -0.3 is 15.2 Å². The Morgan fingerprint density at radius 1 is 1.36 bits per heavy atom. The van der Waals surface area contributed by atoms with E-state index in [-0.39, 0.29) is 23.7 Å². The van der Waals surface area contributed by atoms with Crippen LogP contribution in [0.15, 0.2) is 6.07 Å². The molecule has 1 aliphatic rings. The van der Waals surface area contributed by atoms with Crippen LogP contribution in [0.1, 0.15) is 32.3 Å². The van der Waals surface area contributed by atoms with E-state index in [4.69, 9.17) is 21.4 Å². The lowest BCUT2D eigenvalue weighted by molar-refractivity contribution is -0.147. The average molecular weight is 381 g/mol. The Kier molecular flexibility index (Phi) is 5.46. The number of amides is 1. The molecule has 1 aliphatic carbocycles. The molecule has 1 heterocycles. The first-order valence-electron chi connectivity index (χ1n) is 7.47. The van der Waals surface area contributed by atoms with Gasteiger partial charge in [0, 0.05) is 5.92 Å². The van der Waals surface area contributed by atoms with E-state index in [1.54, 1.807) is 0 Å². The van der Waals surface area contributed by atoms with Gasteiger partial charge in [0.05, 0.1) is 17.0 Å². The van der Waals surface area contributed by atoms with Crippen molar-refractivity contribution in [3.63, 3.8) is 0 Å². The number of anilines is 1. The second-order valence-electron chi connectivity index (χ2n) is 6.03. The molecule has 0 spiro atoms. The van der Waals surface area contributed by atoms with Crippen molar-refractivity contribution in [3.8, 4) is 5.88 Å². The number of aromatic nitrogens is 1. The highest BCUT2D eigenvalue weighted by Crippen LogP contribution is 2.40. The standard InChI is InChI=1S/C15H16ClF3N2O4/c1-6(2)25-13-9(15(17,18)19)5-10(16)11(21-13)20-12(22)7-3-8(4-7)14(23)24/h5-8H,3-4H2,1-2H3,(H,23,24)(H,20,21,22). The largest absolute Gasteiger partial charge is 0.481 e. The number of pyridine rings is 1. The maximum Gasteiger partial charge on any atom is 0.421 e. The van der Waals surface area contributed by atoms with E-state index in [2.05, 4.69) is 10.3 Å². The predicted molar refractivity (Wildman–Crippen MR) is 82.5 cm³/mol. The Labute approximate surface area is 146 Å². The number of aliphatic carboxylic acids is 1. The molecule has 1 aromatic rings. The number of carboxylic acids is 1. The zero-order chi connectivity index (χ0) is 18.9. The SMILES string of the molecule is CC(C)Oc1nc(NC(=O)C2CC(C(=O)O)C2)c(Cl)cc1C(F)(F)F. The molecule has 0 radical (unpaired) electrons. The van der Waals surface area contributed by atoms with Gasteiger partial charge in [0.15, 0.2) is 5.82 Å². The summed E-state index contributed by atoms with van der Waals surface area (Å²) in [4.78, 5) is 26.5. The van der Waals surface area contributed by atoms with Crippen LogP contribution in [0.4, 0.5) is 19.0 Å². The first kappa shape index (κ1) is 19.3. The summed E-state index contributed by atoms with van der Waals surface area (Å²) in [5.41, 5.74) is -1.14. The van der Waals surface area contributed by atoms with Crippen molar-refractivity contribution >= 4 is 29.3 Å². The molecule has 1 amide bonds. The molecule has 1 fully saturated rings. The Hall–Kier alpha value is -2.03. The molecule has 0 aromatic carbocycles. The van der Waals surface area contributed by atoms with E-state index in [9.17, 15) is 22.8 Å². The number of nitrogens with zero attached hydrogens (tertiary/aromatic N) is 1. The molecular formula is C15H16ClF3N2O4. The van der Waals surface area contributed by atoms with Crippen LogP contribution in [0, 0.1) is 11.8 Å². The van der Waals surface area contributed by atoms with Crippen LogP contribution in [0.2, 0.25) is 5.02 Å². The highest BCUT2D eigenvalue weighted by atomic mass is 35.5. The normalized spacial score (nSPS) is 20.1. The van der Waals surface area contributed by atoms with Gasteiger partial charge in [0.25, 0.3) is 0 Å². The third-order valence-electron chi connectivity index (χ3n) is 3.69. The van der Waals surface area contributed by atoms with Gasteiger partial charge in [-0.05, 0) is 32.8 Å². The number of carbonyl (C=O) groups is 2. The lowest BCUT2D eigenvalue weighted by Crippen LogP contribution is -2.38. The van der Waals surface area contributed by atoms with Gasteiger partial charge in [-0.3, -0.25) is 9.59 Å². The summed E-state index contributed by atoms with van der Waals surface area (Å²) in [6, 6.07) is 0.642. The van der Waals surface area contributed by atoms with Gasteiger partial charge in [-0.2, -0.15) is 18.2 Å². The summed E-state index contributed by atoms with van der Waals surface area (Å²) >= 11 is 5.81. The van der Waals surface area contributed by atoms with Gasteiger partial charge >= 0.3 is 12.1 Å². The fourth-order valence-electron chi connectivity index (χ4n) is 2.33. The lowest BCUT2D eigenvalue weighted by Gasteiger charge is -2.31. The van der Waals surface area contributed by atoms with Crippen molar-refractivity contribution in [1.29, 1.82) is 0 Å². The van der Waals surface area contributed by atoms with Crippen molar-refractivity contribution in [2.24, 2.45) is 11.8 Å². The number of hydrogen-bond donors (Lipinski definition) is 2. The quantitative estimate of drug-likeness (QED) is 0.815. The Balaban J connectivity index is 2.21. The van der Waals surface area contributed by atoms with E-state index >= 15 is 0 Å². The number of carbonyl (C=O) groups excluding carboxylic acids is 1. The number of halogens is 4. The van der Waals surface area contributed by atoms with Crippen molar-refractivity contribution in [2.45, 2.75) is 39.0 Å². The smallest absolute Gasteiger partial charge is 0.421 e. The molecular weight excluding hydrogens is 365 g/mol. The monoisotopic (exact) mass is 380 g/mol. The molecule has 0 aliphatic heterocycles. The fraction of sp³-hybridized carbons (Fsp3) is 0.533. The molecule has 2 rings (SSSR count).